The molecule has 11 heteroatoms. The van der Waals surface area contributed by atoms with E-state index in [0.29, 0.717) is 5.56 Å². The first-order valence-electron chi connectivity index (χ1n) is 7.60. The lowest BCUT2D eigenvalue weighted by Gasteiger charge is -2.05. The van der Waals surface area contributed by atoms with Gasteiger partial charge in [-0.1, -0.05) is 6.07 Å². The fraction of sp³-hybridized carbons (Fsp3) is 0. The molecule has 28 heavy (non-hydrogen) atoms. The van der Waals surface area contributed by atoms with Gasteiger partial charge in [-0.25, -0.2) is 14.0 Å². The number of hydrogen-bond acceptors (Lipinski definition) is 7. The third-order valence-corrected chi connectivity index (χ3v) is 4.06. The van der Waals surface area contributed by atoms with E-state index >= 15 is 0 Å². The Hall–Kier alpha value is -3.62. The third-order valence-electron chi connectivity index (χ3n) is 3.45. The lowest BCUT2D eigenvalue weighted by molar-refractivity contribution is 0.102. The van der Waals surface area contributed by atoms with E-state index in [1.165, 1.54) is 30.3 Å². The number of amides is 1. The first-order valence-corrected chi connectivity index (χ1v) is 8.39. The summed E-state index contributed by atoms with van der Waals surface area (Å²) < 4.78 is 18.1. The van der Waals surface area contributed by atoms with E-state index in [1.807, 2.05) is 11.5 Å². The Morgan fingerprint density at radius 1 is 1.29 bits per heavy atom. The van der Waals surface area contributed by atoms with E-state index in [4.69, 9.17) is 5.26 Å². The molecule has 3 N–H and O–H groups in total. The van der Waals surface area contributed by atoms with Gasteiger partial charge in [0.05, 0.1) is 21.8 Å². The van der Waals surface area contributed by atoms with Gasteiger partial charge >= 0.3 is 0 Å². The number of aromatic nitrogens is 2. The number of hydroxylamine groups is 1. The Kier molecular flexibility index (Phi) is 5.73. The number of nitrogens with zero attached hydrogens (tertiary/aromatic N) is 4. The van der Waals surface area contributed by atoms with E-state index in [-0.39, 0.29) is 33.1 Å². The number of anilines is 1. The normalized spacial score (nSPS) is 11.0. The number of carbonyl (C=O) groups is 1. The van der Waals surface area contributed by atoms with Crippen molar-refractivity contribution in [3.63, 3.8) is 0 Å². The van der Waals surface area contributed by atoms with Gasteiger partial charge in [-0.2, -0.15) is 5.26 Å². The van der Waals surface area contributed by atoms with Crippen molar-refractivity contribution in [2.45, 2.75) is 0 Å². The van der Waals surface area contributed by atoms with Crippen molar-refractivity contribution >= 4 is 39.2 Å². The maximum absolute atomic E-state index is 13.3. The molecular formula is C17H10BrFN6O3. The van der Waals surface area contributed by atoms with Crippen LogP contribution >= 0.6 is 15.9 Å². The summed E-state index contributed by atoms with van der Waals surface area (Å²) in [6.45, 7) is 0. The summed E-state index contributed by atoms with van der Waals surface area (Å²) in [6, 6.07) is 11.9. The number of nitrogens with one attached hydrogen (secondary N) is 2. The van der Waals surface area contributed by atoms with Gasteiger partial charge in [-0.3, -0.25) is 15.5 Å². The highest BCUT2D eigenvalue weighted by atomic mass is 79.9. The number of amidine groups is 1. The van der Waals surface area contributed by atoms with Crippen LogP contribution in [0.2, 0.25) is 0 Å². The van der Waals surface area contributed by atoms with Crippen LogP contribution in [0.15, 0.2) is 56.6 Å². The molecule has 1 aromatic heterocycles. The molecule has 0 aliphatic carbocycles. The summed E-state index contributed by atoms with van der Waals surface area (Å²) >= 11 is 3.04. The highest BCUT2D eigenvalue weighted by Crippen LogP contribution is 2.23. The summed E-state index contributed by atoms with van der Waals surface area (Å²) in [5.74, 6) is -1.36. The number of rotatable bonds is 4. The van der Waals surface area contributed by atoms with Gasteiger partial charge in [0.25, 0.3) is 5.91 Å². The molecule has 0 radical (unpaired) electrons. The molecule has 0 saturated carbocycles. The zero-order chi connectivity index (χ0) is 20.1. The van der Waals surface area contributed by atoms with Gasteiger partial charge in [0.2, 0.25) is 5.82 Å². The van der Waals surface area contributed by atoms with Crippen LogP contribution < -0.4 is 10.8 Å². The van der Waals surface area contributed by atoms with Gasteiger partial charge in [0, 0.05) is 5.56 Å². The fourth-order valence-electron chi connectivity index (χ4n) is 2.15. The molecule has 9 nitrogen and oxygen atoms in total. The lowest BCUT2D eigenvalue weighted by atomic mass is 10.1. The van der Waals surface area contributed by atoms with E-state index in [0.717, 1.165) is 0 Å². The Morgan fingerprint density at radius 2 is 2.11 bits per heavy atom. The summed E-state index contributed by atoms with van der Waals surface area (Å²) in [5, 5.41) is 28.0. The Balaban J connectivity index is 1.89. The number of benzene rings is 2. The van der Waals surface area contributed by atoms with Gasteiger partial charge < -0.3 is 5.32 Å². The molecule has 0 fully saturated rings. The molecule has 3 rings (SSSR count). The average Bonchev–Trinajstić information content (AvgIpc) is 3.16. The van der Waals surface area contributed by atoms with Crippen molar-refractivity contribution in [3.8, 4) is 6.07 Å². The summed E-state index contributed by atoms with van der Waals surface area (Å²) in [5.41, 5.74) is 2.56. The van der Waals surface area contributed by atoms with Crippen LogP contribution in [0.1, 0.15) is 21.6 Å². The summed E-state index contributed by atoms with van der Waals surface area (Å²) in [4.78, 5) is 16.5. The lowest BCUT2D eigenvalue weighted by Crippen LogP contribution is -2.23. The first kappa shape index (κ1) is 19.2. The smallest absolute Gasteiger partial charge is 0.257 e. The maximum Gasteiger partial charge on any atom is 0.257 e. The molecule has 1 heterocycles. The molecule has 0 unspecified atom stereocenters. The minimum Gasteiger partial charge on any atom is -0.302 e. The monoisotopic (exact) mass is 444 g/mol. The number of aliphatic imine (C=N–C) groups is 1. The van der Waals surface area contributed by atoms with Crippen molar-refractivity contribution < 1.29 is 19.0 Å². The molecule has 0 atom stereocenters. The number of nitriles is 1. The molecule has 1 amide bonds. The van der Waals surface area contributed by atoms with Gasteiger partial charge in [0.15, 0.2) is 11.5 Å². The van der Waals surface area contributed by atoms with Crippen LogP contribution in [0.25, 0.3) is 0 Å². The quantitative estimate of drug-likeness (QED) is 0.319. The molecule has 2 aromatic carbocycles. The molecular weight excluding hydrogens is 435 g/mol. The average molecular weight is 445 g/mol. The number of carbonyl (C=O) groups excluding carboxylic acids is 1. The predicted molar refractivity (Wildman–Crippen MR) is 98.6 cm³/mol. The molecule has 0 aliphatic rings. The zero-order valence-corrected chi connectivity index (χ0v) is 15.4. The van der Waals surface area contributed by atoms with Crippen molar-refractivity contribution in [2.75, 3.05) is 5.32 Å². The highest BCUT2D eigenvalue weighted by molar-refractivity contribution is 9.10. The van der Waals surface area contributed by atoms with Crippen LogP contribution in [0.3, 0.4) is 0 Å². The van der Waals surface area contributed by atoms with E-state index < -0.39 is 11.7 Å². The molecule has 0 saturated heterocycles. The number of hydrogen-bond donors (Lipinski definition) is 3. The summed E-state index contributed by atoms with van der Waals surface area (Å²) in [6.07, 6.45) is 0. The first-order chi connectivity index (χ1) is 13.5. The zero-order valence-electron chi connectivity index (χ0n) is 13.8. The van der Waals surface area contributed by atoms with Crippen molar-refractivity contribution in [3.05, 3.63) is 69.6 Å². The molecule has 0 spiro atoms. The topological polar surface area (TPSA) is 136 Å². The second-order valence-corrected chi connectivity index (χ2v) is 6.13. The largest absolute Gasteiger partial charge is 0.302 e. The predicted octanol–water partition coefficient (Wildman–Crippen LogP) is 3.15. The molecule has 0 bridgehead atoms. The van der Waals surface area contributed by atoms with Gasteiger partial charge in [0.1, 0.15) is 5.82 Å². The second-order valence-electron chi connectivity index (χ2n) is 5.28. The van der Waals surface area contributed by atoms with Gasteiger partial charge in [-0.05, 0) is 62.6 Å². The minimum absolute atomic E-state index is 0.0901. The van der Waals surface area contributed by atoms with E-state index in [1.54, 1.807) is 12.1 Å². The Labute approximate surface area is 165 Å². The van der Waals surface area contributed by atoms with Crippen LogP contribution in [-0.2, 0) is 0 Å². The van der Waals surface area contributed by atoms with Crippen molar-refractivity contribution in [1.82, 2.24) is 15.8 Å². The molecule has 140 valence electrons. The van der Waals surface area contributed by atoms with E-state index in [2.05, 4.69) is 41.2 Å². The molecule has 0 aliphatic heterocycles. The summed E-state index contributed by atoms with van der Waals surface area (Å²) in [7, 11) is 0. The Morgan fingerprint density at radius 3 is 2.82 bits per heavy atom. The second kappa shape index (κ2) is 8.38. The van der Waals surface area contributed by atoms with Gasteiger partial charge in [-0.15, -0.1) is 0 Å². The number of halogens is 2. The Bertz CT molecular complexity index is 1110. The standard InChI is InChI=1S/C17H10BrFN6O3/c18-12-7-11(4-5-13(12)19)21-15(23-27)14-16(25-28-24-14)22-17(26)10-3-1-2-9(6-10)8-20/h1-7,27H,(H,21,23)(H,22,25,26). The van der Waals surface area contributed by atoms with E-state index in [9.17, 15) is 14.4 Å². The SMILES string of the molecule is N#Cc1cccc(C(=O)Nc2nonc2C(=Nc2ccc(F)c(Br)c2)NO)c1. The van der Waals surface area contributed by atoms with Crippen LogP contribution in [0.5, 0.6) is 0 Å². The minimum atomic E-state index is -0.573. The highest BCUT2D eigenvalue weighted by Gasteiger charge is 2.19. The van der Waals surface area contributed by atoms with Crippen LogP contribution in [-0.4, -0.2) is 27.3 Å². The van der Waals surface area contributed by atoms with Crippen molar-refractivity contribution in [1.29, 1.82) is 5.26 Å². The van der Waals surface area contributed by atoms with Crippen LogP contribution in [0, 0.1) is 17.1 Å². The fourth-order valence-corrected chi connectivity index (χ4v) is 2.52. The van der Waals surface area contributed by atoms with Crippen molar-refractivity contribution in [2.24, 2.45) is 4.99 Å². The molecule has 3 aromatic rings. The third kappa shape index (κ3) is 4.20. The van der Waals surface area contributed by atoms with Crippen LogP contribution in [0.4, 0.5) is 15.9 Å². The maximum atomic E-state index is 13.3.